The minimum atomic E-state index is -3.73. The summed E-state index contributed by atoms with van der Waals surface area (Å²) >= 11 is 12.4. The van der Waals surface area contributed by atoms with Gasteiger partial charge in [0.1, 0.15) is 0 Å². The maximum atomic E-state index is 13.0. The first-order valence-corrected chi connectivity index (χ1v) is 12.3. The highest BCUT2D eigenvalue weighted by molar-refractivity contribution is 7.92. The number of allylic oxidation sites excluding steroid dienone is 2. The fourth-order valence-electron chi connectivity index (χ4n) is 4.51. The second-order valence-electron chi connectivity index (χ2n) is 7.86. The highest BCUT2D eigenvalue weighted by Crippen LogP contribution is 2.51. The predicted molar refractivity (Wildman–Crippen MR) is 127 cm³/mol. The molecule has 2 N–H and O–H groups in total. The van der Waals surface area contributed by atoms with Crippen LogP contribution in [0, 0.1) is 5.92 Å². The molecule has 0 aromatic heterocycles. The van der Waals surface area contributed by atoms with E-state index in [0.717, 1.165) is 28.3 Å². The first kappa shape index (κ1) is 20.4. The van der Waals surface area contributed by atoms with Crippen molar-refractivity contribution in [2.45, 2.75) is 23.3 Å². The van der Waals surface area contributed by atoms with Gasteiger partial charge in [-0.25, -0.2) is 8.42 Å². The SMILES string of the molecule is O=S(=O)(Nc1ccc(Cl)cc1)c1ccc2c(c1)[C@H]1C=CC[C@H]1[C@@H](c1ccccc1Cl)N2. The van der Waals surface area contributed by atoms with Crippen LogP contribution in [-0.2, 0) is 10.0 Å². The Morgan fingerprint density at radius 1 is 0.935 bits per heavy atom. The van der Waals surface area contributed by atoms with Gasteiger partial charge < -0.3 is 5.32 Å². The number of fused-ring (bicyclic) bond motifs is 3. The number of halogens is 2. The molecule has 4 nitrogen and oxygen atoms in total. The number of benzene rings is 3. The molecule has 0 amide bonds. The molecule has 0 spiro atoms. The van der Waals surface area contributed by atoms with Gasteiger partial charge in [-0.15, -0.1) is 0 Å². The van der Waals surface area contributed by atoms with Crippen LogP contribution < -0.4 is 10.0 Å². The van der Waals surface area contributed by atoms with Crippen LogP contribution in [0.25, 0.3) is 0 Å². The average Bonchev–Trinajstić information content (AvgIpc) is 3.25. The van der Waals surface area contributed by atoms with Crippen molar-refractivity contribution in [3.8, 4) is 0 Å². The summed E-state index contributed by atoms with van der Waals surface area (Å²) in [6, 6.07) is 19.8. The summed E-state index contributed by atoms with van der Waals surface area (Å²) in [5.74, 6) is 0.401. The van der Waals surface area contributed by atoms with Crippen LogP contribution >= 0.6 is 23.2 Å². The van der Waals surface area contributed by atoms with Crippen LogP contribution in [0.2, 0.25) is 10.0 Å². The molecule has 158 valence electrons. The third-order valence-electron chi connectivity index (χ3n) is 5.98. The standard InChI is InChI=1S/C24H20Cl2N2O2S/c25-15-8-10-16(11-9-15)28-31(29,30)17-12-13-23-21(14-17)18-5-3-6-19(18)24(27-23)20-4-1-2-7-22(20)26/h1-5,7-14,18-19,24,27-28H,6H2/t18-,19+,24-/m0/s1. The largest absolute Gasteiger partial charge is 0.378 e. The van der Waals surface area contributed by atoms with Gasteiger partial charge in [0, 0.05) is 27.3 Å². The van der Waals surface area contributed by atoms with E-state index in [4.69, 9.17) is 23.2 Å². The van der Waals surface area contributed by atoms with E-state index in [1.54, 1.807) is 36.4 Å². The number of hydrogen-bond acceptors (Lipinski definition) is 3. The Kier molecular flexibility index (Phi) is 5.21. The van der Waals surface area contributed by atoms with Crippen molar-refractivity contribution >= 4 is 44.6 Å². The lowest BCUT2D eigenvalue weighted by molar-refractivity contribution is 0.425. The van der Waals surface area contributed by atoms with Gasteiger partial charge in [0.25, 0.3) is 10.0 Å². The van der Waals surface area contributed by atoms with Crippen LogP contribution in [0.5, 0.6) is 0 Å². The average molecular weight is 471 g/mol. The van der Waals surface area contributed by atoms with Gasteiger partial charge in [0.2, 0.25) is 0 Å². The van der Waals surface area contributed by atoms with E-state index in [2.05, 4.69) is 28.3 Å². The Morgan fingerprint density at radius 3 is 2.48 bits per heavy atom. The van der Waals surface area contributed by atoms with Crippen molar-refractivity contribution in [1.29, 1.82) is 0 Å². The van der Waals surface area contributed by atoms with Crippen molar-refractivity contribution in [1.82, 2.24) is 0 Å². The molecule has 31 heavy (non-hydrogen) atoms. The zero-order chi connectivity index (χ0) is 21.6. The van der Waals surface area contributed by atoms with E-state index in [1.165, 1.54) is 0 Å². The monoisotopic (exact) mass is 470 g/mol. The molecule has 0 radical (unpaired) electrons. The smallest absolute Gasteiger partial charge is 0.261 e. The van der Waals surface area contributed by atoms with E-state index >= 15 is 0 Å². The first-order chi connectivity index (χ1) is 14.9. The lowest BCUT2D eigenvalue weighted by Gasteiger charge is -2.38. The van der Waals surface area contributed by atoms with Gasteiger partial charge in [-0.2, -0.15) is 0 Å². The lowest BCUT2D eigenvalue weighted by atomic mass is 9.77. The lowest BCUT2D eigenvalue weighted by Crippen LogP contribution is -2.29. The molecule has 5 rings (SSSR count). The summed E-state index contributed by atoms with van der Waals surface area (Å²) in [6.07, 6.45) is 5.26. The molecule has 3 aromatic carbocycles. The van der Waals surface area contributed by atoms with E-state index < -0.39 is 10.0 Å². The van der Waals surface area contributed by atoms with E-state index in [0.29, 0.717) is 10.7 Å². The Hall–Kier alpha value is -2.47. The van der Waals surface area contributed by atoms with E-state index in [9.17, 15) is 8.42 Å². The van der Waals surface area contributed by atoms with Crippen molar-refractivity contribution in [2.75, 3.05) is 10.0 Å². The minimum Gasteiger partial charge on any atom is -0.378 e. The minimum absolute atomic E-state index is 0.0656. The van der Waals surface area contributed by atoms with Gasteiger partial charge in [-0.3, -0.25) is 4.72 Å². The van der Waals surface area contributed by atoms with Gasteiger partial charge >= 0.3 is 0 Å². The second-order valence-corrected chi connectivity index (χ2v) is 10.4. The fraction of sp³-hybridized carbons (Fsp3) is 0.167. The number of anilines is 2. The topological polar surface area (TPSA) is 58.2 Å². The fourth-order valence-corrected chi connectivity index (χ4v) is 5.98. The quantitative estimate of drug-likeness (QED) is 0.421. The molecule has 2 aliphatic rings. The van der Waals surface area contributed by atoms with Crippen molar-refractivity contribution in [3.63, 3.8) is 0 Å². The summed E-state index contributed by atoms with van der Waals surface area (Å²) in [5, 5.41) is 4.89. The zero-order valence-electron chi connectivity index (χ0n) is 16.4. The second kappa shape index (κ2) is 7.90. The number of nitrogens with one attached hydrogen (secondary N) is 2. The molecule has 0 fully saturated rings. The maximum Gasteiger partial charge on any atom is 0.261 e. The van der Waals surface area contributed by atoms with Gasteiger partial charge in [-0.05, 0) is 72.0 Å². The van der Waals surface area contributed by atoms with Crippen LogP contribution in [0.1, 0.15) is 29.5 Å². The van der Waals surface area contributed by atoms with E-state index in [1.807, 2.05) is 24.3 Å². The molecule has 0 unspecified atom stereocenters. The van der Waals surface area contributed by atoms with Crippen LogP contribution in [0.15, 0.2) is 83.8 Å². The summed E-state index contributed by atoms with van der Waals surface area (Å²) in [5.41, 5.74) is 3.46. The normalized spacial score (nSPS) is 21.8. The molecule has 0 saturated heterocycles. The Bertz CT molecular complexity index is 1270. The summed E-state index contributed by atoms with van der Waals surface area (Å²) < 4.78 is 28.6. The maximum absolute atomic E-state index is 13.0. The Labute approximate surface area is 192 Å². The molecule has 0 saturated carbocycles. The van der Waals surface area contributed by atoms with Gasteiger partial charge in [0.15, 0.2) is 0 Å². The van der Waals surface area contributed by atoms with Gasteiger partial charge in [-0.1, -0.05) is 53.6 Å². The molecule has 7 heteroatoms. The molecule has 1 aliphatic heterocycles. The highest BCUT2D eigenvalue weighted by Gasteiger charge is 2.39. The Balaban J connectivity index is 1.50. The molecular formula is C24H20Cl2N2O2S. The summed E-state index contributed by atoms with van der Waals surface area (Å²) in [4.78, 5) is 0.234. The zero-order valence-corrected chi connectivity index (χ0v) is 18.8. The molecule has 3 aromatic rings. The van der Waals surface area contributed by atoms with Crippen molar-refractivity contribution < 1.29 is 8.42 Å². The Morgan fingerprint density at radius 2 is 1.71 bits per heavy atom. The number of rotatable bonds is 4. The van der Waals surface area contributed by atoms with E-state index in [-0.39, 0.29) is 22.8 Å². The predicted octanol–water partition coefficient (Wildman–Crippen LogP) is 6.62. The molecule has 1 heterocycles. The third-order valence-corrected chi connectivity index (χ3v) is 7.96. The van der Waals surface area contributed by atoms with Crippen molar-refractivity contribution in [3.05, 3.63) is 100 Å². The number of hydrogen-bond donors (Lipinski definition) is 2. The molecular weight excluding hydrogens is 451 g/mol. The first-order valence-electron chi connectivity index (χ1n) is 10.0. The molecule has 3 atom stereocenters. The van der Waals surface area contributed by atoms with Crippen molar-refractivity contribution in [2.24, 2.45) is 5.92 Å². The highest BCUT2D eigenvalue weighted by atomic mass is 35.5. The third kappa shape index (κ3) is 3.82. The van der Waals surface area contributed by atoms with Crippen LogP contribution in [0.3, 0.4) is 0 Å². The van der Waals surface area contributed by atoms with Crippen LogP contribution in [-0.4, -0.2) is 8.42 Å². The molecule has 0 bridgehead atoms. The van der Waals surface area contributed by atoms with Gasteiger partial charge in [0.05, 0.1) is 10.9 Å². The summed E-state index contributed by atoms with van der Waals surface area (Å²) in [6.45, 7) is 0. The summed E-state index contributed by atoms with van der Waals surface area (Å²) in [7, 11) is -3.73. The number of sulfonamides is 1. The molecule has 1 aliphatic carbocycles. The van der Waals surface area contributed by atoms with Crippen LogP contribution in [0.4, 0.5) is 11.4 Å².